The number of nitrogens with one attached hydrogen (secondary N) is 1. The number of hydrazine groups is 1. The summed E-state index contributed by atoms with van der Waals surface area (Å²) in [5, 5.41) is 1.99. The summed E-state index contributed by atoms with van der Waals surface area (Å²) in [6, 6.07) is 10.2. The minimum absolute atomic E-state index is 0.0643. The molecular weight excluding hydrogens is 211 g/mol. The van der Waals surface area contributed by atoms with Gasteiger partial charge in [-0.05, 0) is 29.1 Å². The van der Waals surface area contributed by atoms with Gasteiger partial charge < -0.3 is 0 Å². The van der Waals surface area contributed by atoms with Crippen molar-refractivity contribution in [2.24, 2.45) is 5.84 Å². The minimum atomic E-state index is -0.235. The Balaban J connectivity index is 2.31. The van der Waals surface area contributed by atoms with Crippen LogP contribution in [-0.2, 0) is 0 Å². The van der Waals surface area contributed by atoms with Crippen LogP contribution in [0.15, 0.2) is 41.8 Å². The molecule has 2 nitrogen and oxygen atoms in total. The van der Waals surface area contributed by atoms with E-state index in [1.54, 1.807) is 23.5 Å². The molecule has 0 spiro atoms. The van der Waals surface area contributed by atoms with Crippen molar-refractivity contribution in [1.29, 1.82) is 0 Å². The molecule has 1 aromatic carbocycles. The molecule has 2 aromatic rings. The predicted octanol–water partition coefficient (Wildman–Crippen LogP) is 2.44. The number of thiophene rings is 1. The summed E-state index contributed by atoms with van der Waals surface area (Å²) in [4.78, 5) is 1.11. The zero-order valence-electron chi connectivity index (χ0n) is 7.98. The first-order chi connectivity index (χ1) is 7.31. The van der Waals surface area contributed by atoms with Crippen LogP contribution in [0.1, 0.15) is 16.5 Å². The molecule has 0 amide bonds. The van der Waals surface area contributed by atoms with Crippen molar-refractivity contribution in [3.05, 3.63) is 58.0 Å². The summed E-state index contributed by atoms with van der Waals surface area (Å²) in [5.41, 5.74) is 3.69. The number of benzene rings is 1. The topological polar surface area (TPSA) is 38.0 Å². The van der Waals surface area contributed by atoms with Crippen LogP contribution < -0.4 is 11.3 Å². The summed E-state index contributed by atoms with van der Waals surface area (Å²) in [7, 11) is 0. The minimum Gasteiger partial charge on any atom is -0.271 e. The van der Waals surface area contributed by atoms with Gasteiger partial charge in [0.25, 0.3) is 0 Å². The van der Waals surface area contributed by atoms with Crippen LogP contribution >= 0.6 is 11.3 Å². The molecule has 3 N–H and O–H groups in total. The molecule has 0 unspecified atom stereocenters. The lowest BCUT2D eigenvalue weighted by Crippen LogP contribution is -2.28. The molecule has 0 aliphatic carbocycles. The molecule has 0 aliphatic rings. The molecule has 1 aromatic heterocycles. The molecular formula is C11H11FN2S. The molecule has 1 heterocycles. The largest absolute Gasteiger partial charge is 0.271 e. The number of halogens is 1. The normalized spacial score (nSPS) is 12.7. The van der Waals surface area contributed by atoms with Gasteiger partial charge in [-0.1, -0.05) is 18.2 Å². The van der Waals surface area contributed by atoms with E-state index in [4.69, 9.17) is 5.84 Å². The van der Waals surface area contributed by atoms with Crippen molar-refractivity contribution in [3.8, 4) is 0 Å². The summed E-state index contributed by atoms with van der Waals surface area (Å²) in [6.45, 7) is 0. The van der Waals surface area contributed by atoms with Gasteiger partial charge in [0, 0.05) is 4.88 Å². The molecule has 0 saturated carbocycles. The molecule has 0 bridgehead atoms. The lowest BCUT2D eigenvalue weighted by molar-refractivity contribution is 0.618. The first-order valence-electron chi connectivity index (χ1n) is 4.56. The maximum atomic E-state index is 12.7. The summed E-state index contributed by atoms with van der Waals surface area (Å²) in [5.74, 6) is 5.26. The van der Waals surface area contributed by atoms with E-state index in [1.807, 2.05) is 17.5 Å². The number of hydrogen-bond acceptors (Lipinski definition) is 3. The monoisotopic (exact) mass is 222 g/mol. The van der Waals surface area contributed by atoms with E-state index in [0.29, 0.717) is 0 Å². The second-order valence-electron chi connectivity index (χ2n) is 3.17. The van der Waals surface area contributed by atoms with Gasteiger partial charge >= 0.3 is 0 Å². The average Bonchev–Trinajstić information content (AvgIpc) is 2.75. The molecule has 15 heavy (non-hydrogen) atoms. The van der Waals surface area contributed by atoms with Gasteiger partial charge in [0.15, 0.2) is 0 Å². The molecule has 0 saturated heterocycles. The van der Waals surface area contributed by atoms with Crippen LogP contribution in [0.25, 0.3) is 0 Å². The van der Waals surface area contributed by atoms with Crippen molar-refractivity contribution in [3.63, 3.8) is 0 Å². The standard InChI is InChI=1S/C11H11FN2S/c12-9-5-3-8(4-6-9)11(14-13)10-2-1-7-15-10/h1-7,11,14H,13H2/t11-/m0/s1. The molecule has 2 rings (SSSR count). The maximum absolute atomic E-state index is 12.7. The van der Waals surface area contributed by atoms with Crippen molar-refractivity contribution in [2.45, 2.75) is 6.04 Å². The highest BCUT2D eigenvalue weighted by Crippen LogP contribution is 2.25. The first-order valence-corrected chi connectivity index (χ1v) is 5.44. The Morgan fingerprint density at radius 2 is 1.93 bits per heavy atom. The fraction of sp³-hybridized carbons (Fsp3) is 0.0909. The Labute approximate surface area is 91.5 Å². The van der Waals surface area contributed by atoms with Gasteiger partial charge in [0.1, 0.15) is 5.82 Å². The Hall–Kier alpha value is -1.23. The Morgan fingerprint density at radius 3 is 2.47 bits per heavy atom. The smallest absolute Gasteiger partial charge is 0.123 e. The van der Waals surface area contributed by atoms with Crippen LogP contribution in [0.3, 0.4) is 0 Å². The van der Waals surface area contributed by atoms with Crippen LogP contribution in [0.2, 0.25) is 0 Å². The van der Waals surface area contributed by atoms with Gasteiger partial charge in [-0.15, -0.1) is 11.3 Å². The highest BCUT2D eigenvalue weighted by Gasteiger charge is 2.12. The molecule has 78 valence electrons. The van der Waals surface area contributed by atoms with Crippen LogP contribution in [0.5, 0.6) is 0 Å². The third kappa shape index (κ3) is 2.23. The predicted molar refractivity (Wildman–Crippen MR) is 59.9 cm³/mol. The zero-order chi connectivity index (χ0) is 10.7. The quantitative estimate of drug-likeness (QED) is 0.618. The van der Waals surface area contributed by atoms with Gasteiger partial charge in [0.05, 0.1) is 6.04 Å². The fourth-order valence-corrected chi connectivity index (χ4v) is 2.26. The van der Waals surface area contributed by atoms with E-state index in [-0.39, 0.29) is 11.9 Å². The average molecular weight is 222 g/mol. The van der Waals surface area contributed by atoms with E-state index in [0.717, 1.165) is 10.4 Å². The van der Waals surface area contributed by atoms with E-state index < -0.39 is 0 Å². The fourth-order valence-electron chi connectivity index (χ4n) is 1.45. The maximum Gasteiger partial charge on any atom is 0.123 e. The van der Waals surface area contributed by atoms with E-state index in [2.05, 4.69) is 5.43 Å². The van der Waals surface area contributed by atoms with Crippen molar-refractivity contribution in [1.82, 2.24) is 5.43 Å². The van der Waals surface area contributed by atoms with E-state index in [1.165, 1.54) is 12.1 Å². The lowest BCUT2D eigenvalue weighted by atomic mass is 10.1. The molecule has 4 heteroatoms. The summed E-state index contributed by atoms with van der Waals surface area (Å²) < 4.78 is 12.7. The van der Waals surface area contributed by atoms with E-state index in [9.17, 15) is 4.39 Å². The lowest BCUT2D eigenvalue weighted by Gasteiger charge is -2.14. The summed E-state index contributed by atoms with van der Waals surface area (Å²) in [6.07, 6.45) is 0. The highest BCUT2D eigenvalue weighted by atomic mass is 32.1. The zero-order valence-corrected chi connectivity index (χ0v) is 8.80. The van der Waals surface area contributed by atoms with Crippen LogP contribution in [-0.4, -0.2) is 0 Å². The number of rotatable bonds is 3. The van der Waals surface area contributed by atoms with Crippen molar-refractivity contribution in [2.75, 3.05) is 0 Å². The molecule has 0 radical (unpaired) electrons. The third-order valence-corrected chi connectivity index (χ3v) is 3.13. The van der Waals surface area contributed by atoms with E-state index >= 15 is 0 Å². The van der Waals surface area contributed by atoms with Gasteiger partial charge in [-0.25, -0.2) is 9.82 Å². The number of nitrogens with two attached hydrogens (primary N) is 1. The summed E-state index contributed by atoms with van der Waals surface area (Å²) >= 11 is 1.62. The third-order valence-electron chi connectivity index (χ3n) is 2.20. The van der Waals surface area contributed by atoms with Gasteiger partial charge in [0.2, 0.25) is 0 Å². The SMILES string of the molecule is NN[C@@H](c1ccc(F)cc1)c1cccs1. The second-order valence-corrected chi connectivity index (χ2v) is 4.15. The first kappa shape index (κ1) is 10.3. The van der Waals surface area contributed by atoms with Crippen molar-refractivity contribution >= 4 is 11.3 Å². The van der Waals surface area contributed by atoms with Crippen LogP contribution in [0, 0.1) is 5.82 Å². The molecule has 0 aliphatic heterocycles. The Morgan fingerprint density at radius 1 is 1.20 bits per heavy atom. The Kier molecular flexibility index (Phi) is 3.11. The highest BCUT2D eigenvalue weighted by molar-refractivity contribution is 7.10. The van der Waals surface area contributed by atoms with Crippen LogP contribution in [0.4, 0.5) is 4.39 Å². The number of hydrogen-bond donors (Lipinski definition) is 2. The Bertz CT molecular complexity index is 411. The molecule has 1 atom stereocenters. The second kappa shape index (κ2) is 4.53. The van der Waals surface area contributed by atoms with Crippen molar-refractivity contribution < 1.29 is 4.39 Å². The van der Waals surface area contributed by atoms with Gasteiger partial charge in [-0.2, -0.15) is 0 Å². The van der Waals surface area contributed by atoms with Gasteiger partial charge in [-0.3, -0.25) is 5.84 Å². The molecule has 0 fully saturated rings.